The molecule has 3 atom stereocenters. The number of amides is 1. The van der Waals surface area contributed by atoms with Gasteiger partial charge in [0.05, 0.1) is 5.92 Å². The third-order valence-corrected chi connectivity index (χ3v) is 5.36. The van der Waals surface area contributed by atoms with Crippen molar-refractivity contribution in [2.24, 2.45) is 11.7 Å². The molecule has 0 aliphatic heterocycles. The Labute approximate surface area is 154 Å². The van der Waals surface area contributed by atoms with Gasteiger partial charge < -0.3 is 15.6 Å². The highest BCUT2D eigenvalue weighted by atomic mass is 16.5. The Morgan fingerprint density at radius 1 is 1.38 bits per heavy atom. The third-order valence-electron chi connectivity index (χ3n) is 5.36. The van der Waals surface area contributed by atoms with Gasteiger partial charge in [-0.1, -0.05) is 49.2 Å². The van der Waals surface area contributed by atoms with E-state index in [4.69, 9.17) is 10.3 Å². The maximum Gasteiger partial charge on any atom is 0.249 e. The molecule has 140 valence electrons. The van der Waals surface area contributed by atoms with Crippen LogP contribution in [-0.4, -0.2) is 21.6 Å². The van der Waals surface area contributed by atoms with Crippen LogP contribution in [0.3, 0.4) is 0 Å². The number of aromatic nitrogens is 2. The minimum Gasteiger partial charge on any atom is -0.344 e. The Balaban J connectivity index is 1.67. The lowest BCUT2D eigenvalue weighted by molar-refractivity contribution is -0.129. The lowest BCUT2D eigenvalue weighted by atomic mass is 9.74. The van der Waals surface area contributed by atoms with E-state index in [-0.39, 0.29) is 17.9 Å². The summed E-state index contributed by atoms with van der Waals surface area (Å²) in [5.74, 6) is 0.726. The van der Waals surface area contributed by atoms with Gasteiger partial charge >= 0.3 is 0 Å². The number of carbonyl (C=O) groups is 1. The van der Waals surface area contributed by atoms with E-state index in [0.29, 0.717) is 11.7 Å². The second kappa shape index (κ2) is 7.58. The molecule has 3 rings (SSSR count). The van der Waals surface area contributed by atoms with Crippen LogP contribution in [0.25, 0.3) is 11.4 Å². The number of benzene rings is 1. The largest absolute Gasteiger partial charge is 0.344 e. The molecule has 3 unspecified atom stereocenters. The molecule has 1 heterocycles. The molecular weight excluding hydrogens is 328 g/mol. The van der Waals surface area contributed by atoms with E-state index in [1.54, 1.807) is 0 Å². The van der Waals surface area contributed by atoms with Crippen LogP contribution in [0.4, 0.5) is 0 Å². The van der Waals surface area contributed by atoms with Crippen LogP contribution in [-0.2, 0) is 11.2 Å². The van der Waals surface area contributed by atoms with Crippen LogP contribution in [0.15, 0.2) is 28.8 Å². The number of nitrogens with zero attached hydrogens (tertiary/aromatic N) is 2. The van der Waals surface area contributed by atoms with Crippen molar-refractivity contribution < 1.29 is 9.32 Å². The SMILES string of the molecule is CCc1ccc(-c2noc(C(C)NC(=O)C3CCCCC3(C)N)n2)cc1. The molecule has 3 N–H and O–H groups in total. The molecule has 26 heavy (non-hydrogen) atoms. The summed E-state index contributed by atoms with van der Waals surface area (Å²) in [6.45, 7) is 5.93. The molecular formula is C20H28N4O2. The average molecular weight is 356 g/mol. The predicted octanol–water partition coefficient (Wildman–Crippen LogP) is 3.38. The average Bonchev–Trinajstić information content (AvgIpc) is 3.11. The van der Waals surface area contributed by atoms with Gasteiger partial charge in [-0.15, -0.1) is 0 Å². The fourth-order valence-electron chi connectivity index (χ4n) is 3.58. The minimum absolute atomic E-state index is 0.0331. The summed E-state index contributed by atoms with van der Waals surface area (Å²) in [5.41, 5.74) is 8.03. The van der Waals surface area contributed by atoms with Gasteiger partial charge in [-0.3, -0.25) is 4.79 Å². The lowest BCUT2D eigenvalue weighted by Gasteiger charge is -2.37. The number of rotatable bonds is 5. The molecule has 1 saturated carbocycles. The van der Waals surface area contributed by atoms with E-state index >= 15 is 0 Å². The monoisotopic (exact) mass is 356 g/mol. The lowest BCUT2D eigenvalue weighted by Crippen LogP contribution is -2.53. The van der Waals surface area contributed by atoms with Gasteiger partial charge in [-0.05, 0) is 38.7 Å². The molecule has 1 aromatic carbocycles. The predicted molar refractivity (Wildman–Crippen MR) is 100 cm³/mol. The van der Waals surface area contributed by atoms with Crippen molar-refractivity contribution in [3.63, 3.8) is 0 Å². The number of nitrogens with one attached hydrogen (secondary N) is 1. The quantitative estimate of drug-likeness (QED) is 0.856. The van der Waals surface area contributed by atoms with Gasteiger partial charge in [0.25, 0.3) is 0 Å². The number of hydrogen-bond acceptors (Lipinski definition) is 5. The summed E-state index contributed by atoms with van der Waals surface area (Å²) in [6, 6.07) is 7.73. The smallest absolute Gasteiger partial charge is 0.249 e. The van der Waals surface area contributed by atoms with Gasteiger partial charge in [0, 0.05) is 11.1 Å². The number of carbonyl (C=O) groups excluding carboxylic acids is 1. The highest BCUT2D eigenvalue weighted by Crippen LogP contribution is 2.32. The van der Waals surface area contributed by atoms with Crippen LogP contribution in [0, 0.1) is 5.92 Å². The maximum absolute atomic E-state index is 12.7. The normalized spacial score (nSPS) is 24.2. The first-order chi connectivity index (χ1) is 12.4. The third kappa shape index (κ3) is 3.96. The van der Waals surface area contributed by atoms with E-state index < -0.39 is 5.54 Å². The number of aryl methyl sites for hydroxylation is 1. The van der Waals surface area contributed by atoms with Gasteiger partial charge in [-0.25, -0.2) is 0 Å². The fraction of sp³-hybridized carbons (Fsp3) is 0.550. The summed E-state index contributed by atoms with van der Waals surface area (Å²) < 4.78 is 5.37. The molecule has 1 aliphatic rings. The zero-order valence-corrected chi connectivity index (χ0v) is 15.8. The second-order valence-electron chi connectivity index (χ2n) is 7.54. The fourth-order valence-corrected chi connectivity index (χ4v) is 3.58. The van der Waals surface area contributed by atoms with Crippen LogP contribution in [0.5, 0.6) is 0 Å². The van der Waals surface area contributed by atoms with Crippen LogP contribution in [0.2, 0.25) is 0 Å². The van der Waals surface area contributed by atoms with Gasteiger partial charge in [0.15, 0.2) is 0 Å². The summed E-state index contributed by atoms with van der Waals surface area (Å²) >= 11 is 0. The summed E-state index contributed by atoms with van der Waals surface area (Å²) in [5, 5.41) is 7.04. The van der Waals surface area contributed by atoms with Crippen molar-refractivity contribution in [3.05, 3.63) is 35.7 Å². The molecule has 2 aromatic rings. The number of hydrogen-bond donors (Lipinski definition) is 2. The summed E-state index contributed by atoms with van der Waals surface area (Å²) in [6.07, 6.45) is 4.80. The van der Waals surface area contributed by atoms with Crippen molar-refractivity contribution in [3.8, 4) is 11.4 Å². The maximum atomic E-state index is 12.7. The Kier molecular flexibility index (Phi) is 5.41. The highest BCUT2D eigenvalue weighted by molar-refractivity contribution is 5.80. The first-order valence-corrected chi connectivity index (χ1v) is 9.43. The van der Waals surface area contributed by atoms with Crippen LogP contribution in [0.1, 0.15) is 64.0 Å². The van der Waals surface area contributed by atoms with Gasteiger partial charge in [-0.2, -0.15) is 4.98 Å². The Morgan fingerprint density at radius 2 is 2.12 bits per heavy atom. The molecule has 0 saturated heterocycles. The van der Waals surface area contributed by atoms with Crippen molar-refractivity contribution in [1.29, 1.82) is 0 Å². The number of nitrogens with two attached hydrogens (primary N) is 1. The van der Waals surface area contributed by atoms with Crippen molar-refractivity contribution >= 4 is 5.91 Å². The first kappa shape index (κ1) is 18.6. The molecule has 1 fully saturated rings. The first-order valence-electron chi connectivity index (χ1n) is 9.43. The van der Waals surface area contributed by atoms with Crippen molar-refractivity contribution in [1.82, 2.24) is 15.5 Å². The molecule has 1 aromatic heterocycles. The van der Waals surface area contributed by atoms with E-state index in [1.807, 2.05) is 26.0 Å². The Morgan fingerprint density at radius 3 is 2.77 bits per heavy atom. The molecule has 6 heteroatoms. The molecule has 0 bridgehead atoms. The van der Waals surface area contributed by atoms with E-state index in [9.17, 15) is 4.79 Å². The van der Waals surface area contributed by atoms with Crippen LogP contribution >= 0.6 is 0 Å². The standard InChI is InChI=1S/C20H28N4O2/c1-4-14-8-10-15(11-9-14)17-23-19(26-24-17)13(2)22-18(25)16-7-5-6-12-20(16,3)21/h8-11,13,16H,4-7,12,21H2,1-3H3,(H,22,25). The summed E-state index contributed by atoms with van der Waals surface area (Å²) in [4.78, 5) is 17.1. The Hall–Kier alpha value is -2.21. The van der Waals surface area contributed by atoms with Crippen LogP contribution < -0.4 is 11.1 Å². The highest BCUT2D eigenvalue weighted by Gasteiger charge is 2.38. The van der Waals surface area contributed by atoms with E-state index in [1.165, 1.54) is 5.56 Å². The summed E-state index contributed by atoms with van der Waals surface area (Å²) in [7, 11) is 0. The van der Waals surface area contributed by atoms with Gasteiger partial charge in [0.2, 0.25) is 17.6 Å². The molecule has 1 aliphatic carbocycles. The zero-order valence-electron chi connectivity index (χ0n) is 15.8. The molecule has 0 radical (unpaired) electrons. The molecule has 1 amide bonds. The van der Waals surface area contributed by atoms with E-state index in [2.05, 4.69) is 34.5 Å². The minimum atomic E-state index is -0.455. The Bertz CT molecular complexity index is 751. The topological polar surface area (TPSA) is 94.0 Å². The zero-order chi connectivity index (χ0) is 18.7. The van der Waals surface area contributed by atoms with Gasteiger partial charge in [0.1, 0.15) is 6.04 Å². The molecule has 6 nitrogen and oxygen atoms in total. The van der Waals surface area contributed by atoms with E-state index in [0.717, 1.165) is 37.7 Å². The molecule has 0 spiro atoms. The van der Waals surface area contributed by atoms with Crippen molar-refractivity contribution in [2.75, 3.05) is 0 Å². The second-order valence-corrected chi connectivity index (χ2v) is 7.54. The van der Waals surface area contributed by atoms with Crippen molar-refractivity contribution in [2.45, 2.75) is 64.5 Å².